The largest absolute Gasteiger partial charge is 0.393 e. The Morgan fingerprint density at radius 1 is 1.32 bits per heavy atom. The molecule has 0 radical (unpaired) electrons. The quantitative estimate of drug-likeness (QED) is 0.853. The van der Waals surface area contributed by atoms with E-state index in [1.165, 1.54) is 6.07 Å². The van der Waals surface area contributed by atoms with Crippen molar-refractivity contribution < 1.29 is 18.7 Å². The highest BCUT2D eigenvalue weighted by Gasteiger charge is 2.26. The van der Waals surface area contributed by atoms with Gasteiger partial charge in [0.25, 0.3) is 0 Å². The lowest BCUT2D eigenvalue weighted by molar-refractivity contribution is 0.0549. The first kappa shape index (κ1) is 14.1. The van der Waals surface area contributed by atoms with Crippen molar-refractivity contribution in [2.45, 2.75) is 31.9 Å². The van der Waals surface area contributed by atoms with Crippen LogP contribution in [0.5, 0.6) is 0 Å². The normalized spacial score (nSPS) is 19.4. The number of benzene rings is 1. The van der Waals surface area contributed by atoms with Gasteiger partial charge >= 0.3 is 0 Å². The summed E-state index contributed by atoms with van der Waals surface area (Å²) in [4.78, 5) is 14.2. The van der Waals surface area contributed by atoms with E-state index < -0.39 is 17.7 Å². The minimum Gasteiger partial charge on any atom is -0.393 e. The fourth-order valence-corrected chi connectivity index (χ4v) is 2.33. The number of carbonyl (C=O) groups is 1. The zero-order valence-corrected chi connectivity index (χ0v) is 10.8. The first-order valence-corrected chi connectivity index (χ1v) is 6.40. The number of nitrogens with zero attached hydrogens (tertiary/aromatic N) is 1. The van der Waals surface area contributed by atoms with E-state index in [1.807, 2.05) is 4.90 Å². The van der Waals surface area contributed by atoms with Crippen LogP contribution >= 0.6 is 0 Å². The molecule has 5 heteroatoms. The van der Waals surface area contributed by atoms with Crippen molar-refractivity contribution in [2.75, 3.05) is 13.1 Å². The van der Waals surface area contributed by atoms with Gasteiger partial charge in [-0.25, -0.2) is 8.78 Å². The summed E-state index contributed by atoms with van der Waals surface area (Å²) in [6, 6.07) is 2.82. The Balaban J connectivity index is 2.08. The molecule has 0 aliphatic carbocycles. The summed E-state index contributed by atoms with van der Waals surface area (Å²) < 4.78 is 26.0. The fourth-order valence-electron chi connectivity index (χ4n) is 2.33. The number of aliphatic hydroxyl groups excluding tert-OH is 1. The van der Waals surface area contributed by atoms with Gasteiger partial charge in [0, 0.05) is 18.7 Å². The van der Waals surface area contributed by atoms with Gasteiger partial charge in [-0.15, -0.1) is 0 Å². The van der Waals surface area contributed by atoms with Crippen LogP contribution in [0.1, 0.15) is 30.1 Å². The first-order chi connectivity index (χ1) is 8.99. The molecule has 1 aliphatic heterocycles. The van der Waals surface area contributed by atoms with Crippen LogP contribution in [0.15, 0.2) is 18.2 Å². The summed E-state index contributed by atoms with van der Waals surface area (Å²) in [5, 5.41) is 9.43. The maximum Gasteiger partial charge on any atom is 0.179 e. The summed E-state index contributed by atoms with van der Waals surface area (Å²) in [6.45, 7) is 3.02. The minimum atomic E-state index is -1.01. The van der Waals surface area contributed by atoms with E-state index in [4.69, 9.17) is 0 Å². The molecule has 19 heavy (non-hydrogen) atoms. The average Bonchev–Trinajstić information content (AvgIpc) is 2.41. The topological polar surface area (TPSA) is 40.5 Å². The molecular weight excluding hydrogens is 252 g/mol. The highest BCUT2D eigenvalue weighted by molar-refractivity contribution is 5.99. The molecule has 1 atom stereocenters. The van der Waals surface area contributed by atoms with Crippen LogP contribution in [0.2, 0.25) is 0 Å². The van der Waals surface area contributed by atoms with Crippen LogP contribution in [-0.4, -0.2) is 41.0 Å². The Kier molecular flexibility index (Phi) is 4.27. The molecule has 1 aromatic rings. The minimum absolute atomic E-state index is 0.178. The number of rotatable bonds is 3. The van der Waals surface area contributed by atoms with Gasteiger partial charge in [0.15, 0.2) is 17.4 Å². The SMILES string of the molecule is CC(C(=O)c1ccc(F)c(F)c1)N1CCC(O)CC1. The van der Waals surface area contributed by atoms with Crippen LogP contribution in [0.4, 0.5) is 8.78 Å². The lowest BCUT2D eigenvalue weighted by Gasteiger charge is -2.33. The molecule has 2 rings (SSSR count). The summed E-state index contributed by atoms with van der Waals surface area (Å²) in [7, 11) is 0. The van der Waals surface area contributed by atoms with E-state index in [-0.39, 0.29) is 17.5 Å². The smallest absolute Gasteiger partial charge is 0.179 e. The zero-order valence-electron chi connectivity index (χ0n) is 10.8. The van der Waals surface area contributed by atoms with E-state index in [0.29, 0.717) is 25.9 Å². The number of carbonyl (C=O) groups excluding carboxylic acids is 1. The molecule has 0 saturated carbocycles. The van der Waals surface area contributed by atoms with Crippen molar-refractivity contribution >= 4 is 5.78 Å². The maximum absolute atomic E-state index is 13.1. The van der Waals surface area contributed by atoms with Crippen molar-refractivity contribution in [1.29, 1.82) is 0 Å². The molecule has 1 unspecified atom stereocenters. The van der Waals surface area contributed by atoms with Crippen molar-refractivity contribution in [2.24, 2.45) is 0 Å². The van der Waals surface area contributed by atoms with Crippen LogP contribution in [-0.2, 0) is 0 Å². The number of Topliss-reactive ketones (excluding diaryl/α,β-unsaturated/α-hetero) is 1. The van der Waals surface area contributed by atoms with Crippen LogP contribution in [0.25, 0.3) is 0 Å². The van der Waals surface area contributed by atoms with Gasteiger partial charge < -0.3 is 5.11 Å². The van der Waals surface area contributed by atoms with Crippen LogP contribution in [0.3, 0.4) is 0 Å². The van der Waals surface area contributed by atoms with E-state index in [9.17, 15) is 18.7 Å². The number of ketones is 1. The highest BCUT2D eigenvalue weighted by Crippen LogP contribution is 2.17. The zero-order chi connectivity index (χ0) is 14.0. The lowest BCUT2D eigenvalue weighted by atomic mass is 10.0. The van der Waals surface area contributed by atoms with E-state index in [2.05, 4.69) is 0 Å². The molecule has 3 nitrogen and oxygen atoms in total. The molecule has 1 fully saturated rings. The van der Waals surface area contributed by atoms with Gasteiger partial charge in [-0.1, -0.05) is 0 Å². The molecular formula is C14H17F2NO2. The molecule has 1 saturated heterocycles. The molecule has 0 spiro atoms. The highest BCUT2D eigenvalue weighted by atomic mass is 19.2. The molecule has 1 N–H and O–H groups in total. The summed E-state index contributed by atoms with van der Waals surface area (Å²) in [5.74, 6) is -2.19. The summed E-state index contributed by atoms with van der Waals surface area (Å²) in [5.41, 5.74) is 0.178. The van der Waals surface area contributed by atoms with Crippen LogP contribution in [0, 0.1) is 11.6 Å². The van der Waals surface area contributed by atoms with E-state index in [0.717, 1.165) is 12.1 Å². The van der Waals surface area contributed by atoms with Crippen molar-refractivity contribution in [3.63, 3.8) is 0 Å². The lowest BCUT2D eigenvalue weighted by Crippen LogP contribution is -2.45. The van der Waals surface area contributed by atoms with Gasteiger partial charge in [0.05, 0.1) is 12.1 Å². The molecule has 0 bridgehead atoms. The monoisotopic (exact) mass is 269 g/mol. The van der Waals surface area contributed by atoms with E-state index in [1.54, 1.807) is 6.92 Å². The third-order valence-electron chi connectivity index (χ3n) is 3.63. The maximum atomic E-state index is 13.1. The molecule has 0 aromatic heterocycles. The molecule has 1 aromatic carbocycles. The second-order valence-electron chi connectivity index (χ2n) is 4.94. The first-order valence-electron chi connectivity index (χ1n) is 6.40. The molecule has 0 amide bonds. The van der Waals surface area contributed by atoms with Gasteiger partial charge in [-0.2, -0.15) is 0 Å². The fraction of sp³-hybridized carbons (Fsp3) is 0.500. The number of aliphatic hydroxyl groups is 1. The predicted octanol–water partition coefficient (Wildman–Crippen LogP) is 1.99. The Morgan fingerprint density at radius 3 is 2.53 bits per heavy atom. The molecule has 1 heterocycles. The molecule has 1 aliphatic rings. The molecule has 104 valence electrons. The van der Waals surface area contributed by atoms with Crippen molar-refractivity contribution in [3.8, 4) is 0 Å². The van der Waals surface area contributed by atoms with Gasteiger partial charge in [0.2, 0.25) is 0 Å². The second-order valence-corrected chi connectivity index (χ2v) is 4.94. The van der Waals surface area contributed by atoms with Gasteiger partial charge in [0.1, 0.15) is 0 Å². The predicted molar refractivity (Wildman–Crippen MR) is 67.0 cm³/mol. The Bertz CT molecular complexity index is 471. The van der Waals surface area contributed by atoms with E-state index >= 15 is 0 Å². The Morgan fingerprint density at radius 2 is 1.95 bits per heavy atom. The number of halogens is 2. The number of likely N-dealkylation sites (tertiary alicyclic amines) is 1. The summed E-state index contributed by atoms with van der Waals surface area (Å²) in [6.07, 6.45) is 0.965. The van der Waals surface area contributed by atoms with Crippen molar-refractivity contribution in [3.05, 3.63) is 35.4 Å². The van der Waals surface area contributed by atoms with Gasteiger partial charge in [-0.05, 0) is 38.0 Å². The van der Waals surface area contributed by atoms with Crippen LogP contribution < -0.4 is 0 Å². The second kappa shape index (κ2) is 5.75. The Labute approximate surface area is 110 Å². The third-order valence-corrected chi connectivity index (χ3v) is 3.63. The average molecular weight is 269 g/mol. The Hall–Kier alpha value is -1.33. The standard InChI is InChI=1S/C14H17F2NO2/c1-9(17-6-4-11(18)5-7-17)14(19)10-2-3-12(15)13(16)8-10/h2-3,8-9,11,18H,4-7H2,1H3. The number of piperidine rings is 1. The van der Waals surface area contributed by atoms with Crippen molar-refractivity contribution in [1.82, 2.24) is 4.90 Å². The summed E-state index contributed by atoms with van der Waals surface area (Å²) >= 11 is 0. The number of hydrogen-bond donors (Lipinski definition) is 1. The van der Waals surface area contributed by atoms with Gasteiger partial charge in [-0.3, -0.25) is 9.69 Å². The third kappa shape index (κ3) is 3.16. The number of hydrogen-bond acceptors (Lipinski definition) is 3.